The zero-order valence-electron chi connectivity index (χ0n) is 11.8. The summed E-state index contributed by atoms with van der Waals surface area (Å²) in [7, 11) is 2.84. The number of carbonyl (C=O) groups is 2. The third-order valence-corrected chi connectivity index (χ3v) is 3.45. The van der Waals surface area contributed by atoms with Gasteiger partial charge in [-0.3, -0.25) is 9.59 Å². The standard InChI is InChI=1S/C15H19NO4/c1-16(9-15(18)19-2)14(17)10-20-13-7-6-11-4-3-5-12(11)8-13/h6-8H,3-5,9-10H2,1-2H3. The average Bonchev–Trinajstić information content (AvgIpc) is 2.91. The van der Waals surface area contributed by atoms with Gasteiger partial charge in [-0.25, -0.2) is 0 Å². The molecule has 0 aromatic heterocycles. The molecule has 1 aromatic carbocycles. The second-order valence-electron chi connectivity index (χ2n) is 4.90. The average molecular weight is 277 g/mol. The molecule has 20 heavy (non-hydrogen) atoms. The molecule has 0 bridgehead atoms. The van der Waals surface area contributed by atoms with Gasteiger partial charge >= 0.3 is 5.97 Å². The summed E-state index contributed by atoms with van der Waals surface area (Å²) in [6.45, 7) is -0.144. The van der Waals surface area contributed by atoms with E-state index in [0.29, 0.717) is 5.75 Å². The summed E-state index contributed by atoms with van der Waals surface area (Å²) >= 11 is 0. The van der Waals surface area contributed by atoms with E-state index in [9.17, 15) is 9.59 Å². The molecule has 1 aliphatic carbocycles. The Morgan fingerprint density at radius 1 is 1.25 bits per heavy atom. The number of hydrogen-bond donors (Lipinski definition) is 0. The third kappa shape index (κ3) is 3.50. The molecule has 0 saturated heterocycles. The highest BCUT2D eigenvalue weighted by molar-refractivity contribution is 5.82. The maximum atomic E-state index is 11.8. The van der Waals surface area contributed by atoms with Crippen LogP contribution in [0.2, 0.25) is 0 Å². The smallest absolute Gasteiger partial charge is 0.325 e. The van der Waals surface area contributed by atoms with E-state index < -0.39 is 5.97 Å². The van der Waals surface area contributed by atoms with E-state index >= 15 is 0 Å². The van der Waals surface area contributed by atoms with Crippen LogP contribution in [0.5, 0.6) is 5.75 Å². The van der Waals surface area contributed by atoms with Crippen molar-refractivity contribution in [1.29, 1.82) is 0 Å². The lowest BCUT2D eigenvalue weighted by Gasteiger charge is -2.16. The predicted molar refractivity (Wildman–Crippen MR) is 73.6 cm³/mol. The van der Waals surface area contributed by atoms with Gasteiger partial charge < -0.3 is 14.4 Å². The minimum absolute atomic E-state index is 0.0666. The first-order chi connectivity index (χ1) is 9.60. The van der Waals surface area contributed by atoms with Crippen LogP contribution in [0.1, 0.15) is 17.5 Å². The zero-order chi connectivity index (χ0) is 14.5. The lowest BCUT2D eigenvalue weighted by molar-refractivity contribution is -0.146. The number of methoxy groups -OCH3 is 1. The molecule has 0 fully saturated rings. The Hall–Kier alpha value is -2.04. The van der Waals surface area contributed by atoms with Gasteiger partial charge in [0.1, 0.15) is 12.3 Å². The fourth-order valence-electron chi connectivity index (χ4n) is 2.24. The van der Waals surface area contributed by atoms with Crippen molar-refractivity contribution < 1.29 is 19.1 Å². The topological polar surface area (TPSA) is 55.8 Å². The molecule has 2 rings (SSSR count). The van der Waals surface area contributed by atoms with Gasteiger partial charge in [0.25, 0.3) is 5.91 Å². The molecule has 0 unspecified atom stereocenters. The Kier molecular flexibility index (Phi) is 4.61. The number of ether oxygens (including phenoxy) is 2. The molecule has 0 saturated carbocycles. The number of likely N-dealkylation sites (N-methyl/N-ethyl adjacent to an activating group) is 1. The minimum atomic E-state index is -0.446. The zero-order valence-corrected chi connectivity index (χ0v) is 11.8. The molecule has 0 radical (unpaired) electrons. The quantitative estimate of drug-likeness (QED) is 0.759. The van der Waals surface area contributed by atoms with E-state index in [1.54, 1.807) is 7.05 Å². The molecule has 0 aliphatic heterocycles. The minimum Gasteiger partial charge on any atom is -0.484 e. The van der Waals surface area contributed by atoms with Gasteiger partial charge in [0.05, 0.1) is 7.11 Å². The van der Waals surface area contributed by atoms with Crippen LogP contribution in [0.4, 0.5) is 0 Å². The first kappa shape index (κ1) is 14.4. The number of amides is 1. The first-order valence-electron chi connectivity index (χ1n) is 6.65. The molecular weight excluding hydrogens is 258 g/mol. The van der Waals surface area contributed by atoms with Crippen molar-refractivity contribution in [2.24, 2.45) is 0 Å². The van der Waals surface area contributed by atoms with Crippen molar-refractivity contribution in [3.05, 3.63) is 29.3 Å². The predicted octanol–water partition coefficient (Wildman–Crippen LogP) is 1.19. The molecule has 1 amide bonds. The summed E-state index contributed by atoms with van der Waals surface area (Å²) in [5.41, 5.74) is 2.67. The van der Waals surface area contributed by atoms with Gasteiger partial charge in [0.15, 0.2) is 6.61 Å². The number of fused-ring (bicyclic) bond motifs is 1. The second kappa shape index (κ2) is 6.41. The van der Waals surface area contributed by atoms with Crippen molar-refractivity contribution in [2.45, 2.75) is 19.3 Å². The number of rotatable bonds is 5. The van der Waals surface area contributed by atoms with E-state index in [-0.39, 0.29) is 19.1 Å². The Morgan fingerprint density at radius 2 is 2.00 bits per heavy atom. The van der Waals surface area contributed by atoms with Crippen molar-refractivity contribution in [3.63, 3.8) is 0 Å². The highest BCUT2D eigenvalue weighted by atomic mass is 16.5. The summed E-state index contributed by atoms with van der Waals surface area (Å²) in [5, 5.41) is 0. The summed E-state index contributed by atoms with van der Waals surface area (Å²) < 4.78 is 10.00. The molecule has 5 nitrogen and oxygen atoms in total. The van der Waals surface area contributed by atoms with Crippen LogP contribution in [0.3, 0.4) is 0 Å². The Morgan fingerprint density at radius 3 is 2.75 bits per heavy atom. The van der Waals surface area contributed by atoms with Crippen molar-refractivity contribution in [2.75, 3.05) is 27.3 Å². The van der Waals surface area contributed by atoms with Gasteiger partial charge in [-0.15, -0.1) is 0 Å². The van der Waals surface area contributed by atoms with Gasteiger partial charge in [0.2, 0.25) is 0 Å². The van der Waals surface area contributed by atoms with Gasteiger partial charge in [-0.05, 0) is 42.5 Å². The van der Waals surface area contributed by atoms with E-state index in [1.165, 1.54) is 29.6 Å². The molecule has 1 aromatic rings. The van der Waals surface area contributed by atoms with E-state index in [4.69, 9.17) is 4.74 Å². The molecule has 1 aliphatic rings. The fraction of sp³-hybridized carbons (Fsp3) is 0.467. The second-order valence-corrected chi connectivity index (χ2v) is 4.90. The Balaban J connectivity index is 1.85. The number of esters is 1. The van der Waals surface area contributed by atoms with E-state index in [1.807, 2.05) is 12.1 Å². The lowest BCUT2D eigenvalue weighted by atomic mass is 10.1. The van der Waals surface area contributed by atoms with Crippen LogP contribution in [0.15, 0.2) is 18.2 Å². The number of nitrogens with zero attached hydrogens (tertiary/aromatic N) is 1. The van der Waals surface area contributed by atoms with Crippen LogP contribution < -0.4 is 4.74 Å². The van der Waals surface area contributed by atoms with Crippen LogP contribution in [-0.2, 0) is 27.2 Å². The molecule has 108 valence electrons. The highest BCUT2D eigenvalue weighted by Gasteiger charge is 2.15. The molecule has 0 spiro atoms. The van der Waals surface area contributed by atoms with Crippen molar-refractivity contribution in [3.8, 4) is 5.75 Å². The summed E-state index contributed by atoms with van der Waals surface area (Å²) in [6.07, 6.45) is 3.37. The van der Waals surface area contributed by atoms with Crippen LogP contribution in [0, 0.1) is 0 Å². The molecule has 0 N–H and O–H groups in total. The van der Waals surface area contributed by atoms with Crippen molar-refractivity contribution >= 4 is 11.9 Å². The van der Waals surface area contributed by atoms with Gasteiger partial charge in [-0.1, -0.05) is 6.07 Å². The maximum absolute atomic E-state index is 11.8. The largest absolute Gasteiger partial charge is 0.484 e. The summed E-state index contributed by atoms with van der Waals surface area (Å²) in [4.78, 5) is 24.2. The number of benzene rings is 1. The van der Waals surface area contributed by atoms with Crippen LogP contribution in [-0.4, -0.2) is 44.1 Å². The maximum Gasteiger partial charge on any atom is 0.325 e. The fourth-order valence-corrected chi connectivity index (χ4v) is 2.24. The molecule has 5 heteroatoms. The Bertz CT molecular complexity index is 513. The van der Waals surface area contributed by atoms with Crippen molar-refractivity contribution in [1.82, 2.24) is 4.90 Å². The van der Waals surface area contributed by atoms with Crippen LogP contribution >= 0.6 is 0 Å². The lowest BCUT2D eigenvalue weighted by Crippen LogP contribution is -2.35. The first-order valence-corrected chi connectivity index (χ1v) is 6.65. The molecular formula is C15H19NO4. The number of carbonyl (C=O) groups excluding carboxylic acids is 2. The summed E-state index contributed by atoms with van der Waals surface area (Å²) in [5.74, 6) is -0.000234. The number of aryl methyl sites for hydroxylation is 2. The number of hydrogen-bond acceptors (Lipinski definition) is 4. The normalized spacial score (nSPS) is 12.7. The summed E-state index contributed by atoms with van der Waals surface area (Å²) in [6, 6.07) is 5.94. The monoisotopic (exact) mass is 277 g/mol. The van der Waals surface area contributed by atoms with Gasteiger partial charge in [-0.2, -0.15) is 0 Å². The van der Waals surface area contributed by atoms with E-state index in [2.05, 4.69) is 10.8 Å². The Labute approximate surface area is 118 Å². The van der Waals surface area contributed by atoms with Gasteiger partial charge in [0, 0.05) is 7.05 Å². The highest BCUT2D eigenvalue weighted by Crippen LogP contribution is 2.25. The molecule has 0 heterocycles. The molecule has 0 atom stereocenters. The SMILES string of the molecule is COC(=O)CN(C)C(=O)COc1ccc2c(c1)CCC2. The van der Waals surface area contributed by atoms with Crippen LogP contribution in [0.25, 0.3) is 0 Å². The van der Waals surface area contributed by atoms with E-state index in [0.717, 1.165) is 12.8 Å². The third-order valence-electron chi connectivity index (χ3n) is 3.45.